The lowest BCUT2D eigenvalue weighted by Crippen LogP contribution is -2.42. The van der Waals surface area contributed by atoms with Gasteiger partial charge in [-0.2, -0.15) is 0 Å². The maximum Gasteiger partial charge on any atom is 0.341 e. The van der Waals surface area contributed by atoms with Crippen molar-refractivity contribution in [3.8, 4) is 0 Å². The Labute approximate surface area is 173 Å². The van der Waals surface area contributed by atoms with Crippen LogP contribution in [-0.4, -0.2) is 30.1 Å². The number of hydrogen-bond donors (Lipinski definition) is 1. The van der Waals surface area contributed by atoms with Crippen molar-refractivity contribution in [2.24, 2.45) is 23.7 Å². The van der Waals surface area contributed by atoms with Gasteiger partial charge in [0.15, 0.2) is 0 Å². The first kappa shape index (κ1) is 20.1. The second-order valence-electron chi connectivity index (χ2n) is 8.46. The van der Waals surface area contributed by atoms with Crippen LogP contribution in [0.15, 0.2) is 12.2 Å². The molecule has 0 radical (unpaired) electrons. The summed E-state index contributed by atoms with van der Waals surface area (Å²) in [5.41, 5.74) is 0.774. The van der Waals surface area contributed by atoms with Gasteiger partial charge in [0.05, 0.1) is 30.3 Å². The van der Waals surface area contributed by atoms with Gasteiger partial charge in [0.2, 0.25) is 5.91 Å². The zero-order valence-electron chi connectivity index (χ0n) is 16.7. The molecule has 29 heavy (non-hydrogen) atoms. The van der Waals surface area contributed by atoms with E-state index >= 15 is 0 Å². The molecular weight excluding hydrogens is 394 g/mol. The van der Waals surface area contributed by atoms with Crippen LogP contribution in [0.5, 0.6) is 0 Å². The number of carbonyl (C=O) groups is 3. The Hall–Kier alpha value is -2.19. The highest BCUT2D eigenvalue weighted by atomic mass is 32.1. The lowest BCUT2D eigenvalue weighted by Gasteiger charge is -2.30. The van der Waals surface area contributed by atoms with Crippen molar-refractivity contribution in [2.75, 3.05) is 11.9 Å². The fourth-order valence-corrected chi connectivity index (χ4v) is 5.88. The Balaban J connectivity index is 1.66. The van der Waals surface area contributed by atoms with E-state index in [1.54, 1.807) is 6.92 Å². The van der Waals surface area contributed by atoms with Crippen LogP contribution in [0.2, 0.25) is 0 Å². The van der Waals surface area contributed by atoms with Crippen LogP contribution in [0.25, 0.3) is 0 Å². The molecule has 1 aliphatic heterocycles. The van der Waals surface area contributed by atoms with Crippen molar-refractivity contribution in [1.29, 1.82) is 0 Å². The normalized spacial score (nSPS) is 28.8. The summed E-state index contributed by atoms with van der Waals surface area (Å²) in [6, 6.07) is 0. The molecule has 1 aromatic rings. The lowest BCUT2D eigenvalue weighted by atomic mass is 9.82. The number of nitrogens with one attached hydrogen (secondary N) is 1. The highest BCUT2D eigenvalue weighted by Gasteiger charge is 2.49. The number of aliphatic carboxylic acids is 1. The van der Waals surface area contributed by atoms with E-state index < -0.39 is 29.4 Å². The predicted molar refractivity (Wildman–Crippen MR) is 104 cm³/mol. The number of ether oxygens (including phenoxy) is 2. The van der Waals surface area contributed by atoms with E-state index in [2.05, 4.69) is 5.32 Å². The third-order valence-electron chi connectivity index (χ3n) is 6.04. The minimum atomic E-state index is -1.20. The van der Waals surface area contributed by atoms with Gasteiger partial charge in [-0.3, -0.25) is 4.79 Å². The van der Waals surface area contributed by atoms with Gasteiger partial charge in [-0.05, 0) is 44.6 Å². The number of allylic oxidation sites excluding steroid dienone is 2. The maximum absolute atomic E-state index is 13.1. The number of esters is 1. The van der Waals surface area contributed by atoms with Crippen molar-refractivity contribution >= 4 is 34.2 Å². The minimum Gasteiger partial charge on any atom is -0.550 e. The third kappa shape index (κ3) is 3.48. The molecule has 8 heteroatoms. The average Bonchev–Trinajstić information content (AvgIpc) is 3.33. The second-order valence-corrected chi connectivity index (χ2v) is 9.57. The Morgan fingerprint density at radius 2 is 1.97 bits per heavy atom. The number of fused-ring (bicyclic) bond motifs is 3. The van der Waals surface area contributed by atoms with Crippen molar-refractivity contribution in [1.82, 2.24) is 0 Å². The van der Waals surface area contributed by atoms with E-state index in [9.17, 15) is 19.5 Å². The zero-order chi connectivity index (χ0) is 20.9. The van der Waals surface area contributed by atoms with Crippen molar-refractivity contribution in [3.63, 3.8) is 0 Å². The number of carboxylic acids is 1. The molecule has 4 atom stereocenters. The quantitative estimate of drug-likeness (QED) is 0.578. The number of rotatable bonds is 5. The zero-order valence-corrected chi connectivity index (χ0v) is 17.5. The third-order valence-corrected chi connectivity index (χ3v) is 7.16. The van der Waals surface area contributed by atoms with Crippen LogP contribution >= 0.6 is 11.3 Å². The van der Waals surface area contributed by atoms with Crippen LogP contribution in [0.4, 0.5) is 5.00 Å². The first-order valence-electron chi connectivity index (χ1n) is 9.87. The van der Waals surface area contributed by atoms with E-state index in [1.165, 1.54) is 11.3 Å². The predicted octanol–water partition coefficient (Wildman–Crippen LogP) is 1.90. The molecule has 2 heterocycles. The molecule has 3 aliphatic rings. The number of hydrogen-bond acceptors (Lipinski definition) is 7. The topological polar surface area (TPSA) is 105 Å². The molecule has 0 unspecified atom stereocenters. The number of carbonyl (C=O) groups excluding carboxylic acids is 3. The van der Waals surface area contributed by atoms with Gasteiger partial charge in [0, 0.05) is 23.2 Å². The number of amides is 1. The van der Waals surface area contributed by atoms with E-state index in [4.69, 9.17) is 9.47 Å². The number of thiophene rings is 1. The molecule has 7 nitrogen and oxygen atoms in total. The molecule has 0 saturated heterocycles. The van der Waals surface area contributed by atoms with Gasteiger partial charge in [-0.15, -0.1) is 11.3 Å². The summed E-state index contributed by atoms with van der Waals surface area (Å²) in [6.45, 7) is 6.21. The Bertz CT molecular complexity index is 901. The van der Waals surface area contributed by atoms with Crippen LogP contribution in [-0.2, 0) is 32.1 Å². The van der Waals surface area contributed by atoms with Gasteiger partial charge in [0.25, 0.3) is 0 Å². The van der Waals surface area contributed by atoms with E-state index in [0.717, 1.165) is 10.4 Å². The molecule has 1 fully saturated rings. The standard InChI is InChI=1S/C21H25NO6S/c1-4-27-20(26)16-12-8-21(2,3)28-9-13(12)29-18(16)22-17(23)14-10-5-6-11(7-10)15(14)19(24)25/h5-6,10-11,14-15H,4,7-9H2,1-3H3,(H,22,23)(H,24,25)/p-1/t10-,11-,14+,15+/m0/s1. The van der Waals surface area contributed by atoms with Crippen molar-refractivity contribution < 1.29 is 29.0 Å². The van der Waals surface area contributed by atoms with Gasteiger partial charge in [0.1, 0.15) is 5.00 Å². The summed E-state index contributed by atoms with van der Waals surface area (Å²) in [5, 5.41) is 14.9. The molecule has 2 bridgehead atoms. The summed E-state index contributed by atoms with van der Waals surface area (Å²) < 4.78 is 11.1. The minimum absolute atomic E-state index is 0.120. The summed E-state index contributed by atoms with van der Waals surface area (Å²) in [6.07, 6.45) is 4.95. The first-order valence-corrected chi connectivity index (χ1v) is 10.7. The fraction of sp³-hybridized carbons (Fsp3) is 0.571. The summed E-state index contributed by atoms with van der Waals surface area (Å²) in [7, 11) is 0. The van der Waals surface area contributed by atoms with E-state index in [0.29, 0.717) is 30.0 Å². The van der Waals surface area contributed by atoms with Gasteiger partial charge in [-0.25, -0.2) is 4.79 Å². The Morgan fingerprint density at radius 1 is 1.28 bits per heavy atom. The smallest absolute Gasteiger partial charge is 0.341 e. The molecule has 4 rings (SSSR count). The summed E-state index contributed by atoms with van der Waals surface area (Å²) >= 11 is 1.29. The molecule has 1 N–H and O–H groups in total. The van der Waals surface area contributed by atoms with E-state index in [1.807, 2.05) is 26.0 Å². The van der Waals surface area contributed by atoms with Crippen LogP contribution in [0, 0.1) is 23.7 Å². The summed E-state index contributed by atoms with van der Waals surface area (Å²) in [4.78, 5) is 38.3. The molecule has 1 amide bonds. The lowest BCUT2D eigenvalue weighted by molar-refractivity contribution is -0.313. The second kappa shape index (κ2) is 7.25. The van der Waals surface area contributed by atoms with Gasteiger partial charge >= 0.3 is 5.97 Å². The number of carboxylic acid groups (broad SMARTS) is 1. The maximum atomic E-state index is 13.1. The molecular formula is C21H24NO6S-. The number of anilines is 1. The monoisotopic (exact) mass is 418 g/mol. The molecule has 0 aromatic carbocycles. The SMILES string of the molecule is CCOC(=O)c1c(NC(=O)[C@H]2[C@H](C(=O)[O-])[C@H]3C=C[C@H]2C3)sc2c1CC(C)(C)OC2. The van der Waals surface area contributed by atoms with Crippen molar-refractivity contribution in [2.45, 2.75) is 45.8 Å². The Kier molecular flexibility index (Phi) is 5.02. The fourth-order valence-electron chi connectivity index (χ4n) is 4.76. The molecule has 0 spiro atoms. The Morgan fingerprint density at radius 3 is 2.62 bits per heavy atom. The van der Waals surface area contributed by atoms with Crippen LogP contribution in [0.3, 0.4) is 0 Å². The van der Waals surface area contributed by atoms with Gasteiger partial charge in [-0.1, -0.05) is 12.2 Å². The molecule has 1 saturated carbocycles. The van der Waals surface area contributed by atoms with Gasteiger partial charge < -0.3 is 24.7 Å². The molecule has 1 aromatic heterocycles. The average molecular weight is 418 g/mol. The van der Waals surface area contributed by atoms with E-state index in [-0.39, 0.29) is 24.3 Å². The largest absolute Gasteiger partial charge is 0.550 e. The highest BCUT2D eigenvalue weighted by Crippen LogP contribution is 2.49. The first-order chi connectivity index (χ1) is 13.7. The van der Waals surface area contributed by atoms with Crippen molar-refractivity contribution in [3.05, 3.63) is 28.2 Å². The molecule has 156 valence electrons. The van der Waals surface area contributed by atoms with Crippen LogP contribution < -0.4 is 10.4 Å². The molecule has 2 aliphatic carbocycles. The highest BCUT2D eigenvalue weighted by molar-refractivity contribution is 7.17. The van der Waals surface area contributed by atoms with Crippen LogP contribution in [0.1, 0.15) is 48.0 Å². The summed E-state index contributed by atoms with van der Waals surface area (Å²) in [5.74, 6) is -3.90.